The third-order valence-electron chi connectivity index (χ3n) is 2.58. The first-order valence-electron chi connectivity index (χ1n) is 5.48. The van der Waals surface area contributed by atoms with Gasteiger partial charge in [-0.05, 0) is 12.1 Å². The second-order valence-electron chi connectivity index (χ2n) is 3.60. The van der Waals surface area contributed by atoms with Crippen LogP contribution >= 0.6 is 0 Å². The standard InChI is InChI=1S/C12H16O6S/c1-5-19(14,15)10-7-8(12(13)18-4)6-9(16-2)11(10)17-3/h6-7H,5H2,1-4H3. The van der Waals surface area contributed by atoms with Gasteiger partial charge in [-0.15, -0.1) is 0 Å². The first kappa shape index (κ1) is 15.3. The van der Waals surface area contributed by atoms with Gasteiger partial charge in [0.1, 0.15) is 4.90 Å². The zero-order chi connectivity index (χ0) is 14.6. The molecule has 0 aromatic heterocycles. The molecule has 0 saturated carbocycles. The predicted molar refractivity (Wildman–Crippen MR) is 68.6 cm³/mol. The minimum Gasteiger partial charge on any atom is -0.493 e. The lowest BCUT2D eigenvalue weighted by atomic mass is 10.2. The second kappa shape index (κ2) is 5.92. The van der Waals surface area contributed by atoms with Crippen LogP contribution in [-0.4, -0.2) is 41.5 Å². The lowest BCUT2D eigenvalue weighted by Crippen LogP contribution is -2.10. The van der Waals surface area contributed by atoms with Gasteiger partial charge in [-0.1, -0.05) is 6.92 Å². The van der Waals surface area contributed by atoms with Gasteiger partial charge in [-0.2, -0.15) is 0 Å². The first-order valence-corrected chi connectivity index (χ1v) is 7.13. The summed E-state index contributed by atoms with van der Waals surface area (Å²) in [6.07, 6.45) is 0. The molecule has 6 nitrogen and oxygen atoms in total. The minimum absolute atomic E-state index is 0.0806. The van der Waals surface area contributed by atoms with E-state index in [1.807, 2.05) is 0 Å². The molecule has 1 aromatic rings. The zero-order valence-corrected chi connectivity index (χ0v) is 12.0. The van der Waals surface area contributed by atoms with Crippen molar-refractivity contribution in [3.05, 3.63) is 17.7 Å². The Labute approximate surface area is 112 Å². The molecule has 0 aliphatic carbocycles. The number of hydrogen-bond donors (Lipinski definition) is 0. The Balaban J connectivity index is 3.63. The molecule has 0 atom stereocenters. The molecule has 0 heterocycles. The van der Waals surface area contributed by atoms with Crippen LogP contribution in [0.1, 0.15) is 17.3 Å². The summed E-state index contributed by atoms with van der Waals surface area (Å²) < 4.78 is 38.8. The van der Waals surface area contributed by atoms with Crippen LogP contribution in [0.3, 0.4) is 0 Å². The number of hydrogen-bond acceptors (Lipinski definition) is 6. The van der Waals surface area contributed by atoms with Crippen LogP contribution in [-0.2, 0) is 14.6 Å². The Morgan fingerprint density at radius 2 is 1.79 bits per heavy atom. The van der Waals surface area contributed by atoms with Crippen molar-refractivity contribution in [3.8, 4) is 11.5 Å². The van der Waals surface area contributed by atoms with E-state index in [1.54, 1.807) is 0 Å². The van der Waals surface area contributed by atoms with Gasteiger partial charge in [0, 0.05) is 0 Å². The highest BCUT2D eigenvalue weighted by Gasteiger charge is 2.24. The van der Waals surface area contributed by atoms with Crippen molar-refractivity contribution >= 4 is 15.8 Å². The number of sulfone groups is 1. The Hall–Kier alpha value is -1.76. The van der Waals surface area contributed by atoms with Gasteiger partial charge in [-0.25, -0.2) is 13.2 Å². The number of rotatable bonds is 5. The quantitative estimate of drug-likeness (QED) is 0.759. The summed E-state index contributed by atoms with van der Waals surface area (Å²) in [4.78, 5) is 11.4. The van der Waals surface area contributed by atoms with Crippen molar-refractivity contribution in [2.45, 2.75) is 11.8 Å². The SMILES string of the molecule is CCS(=O)(=O)c1cc(C(=O)OC)cc(OC)c1OC. The summed E-state index contributed by atoms with van der Waals surface area (Å²) in [5.41, 5.74) is 0.0900. The summed E-state index contributed by atoms with van der Waals surface area (Å²) in [6.45, 7) is 1.51. The number of carbonyl (C=O) groups is 1. The van der Waals surface area contributed by atoms with Crippen molar-refractivity contribution in [2.24, 2.45) is 0 Å². The van der Waals surface area contributed by atoms with Gasteiger partial charge >= 0.3 is 5.97 Å². The van der Waals surface area contributed by atoms with Crippen LogP contribution in [0.4, 0.5) is 0 Å². The van der Waals surface area contributed by atoms with Crippen molar-refractivity contribution in [3.63, 3.8) is 0 Å². The fraction of sp³-hybridized carbons (Fsp3) is 0.417. The van der Waals surface area contributed by atoms with Crippen LogP contribution in [0.2, 0.25) is 0 Å². The van der Waals surface area contributed by atoms with E-state index in [0.717, 1.165) is 0 Å². The topological polar surface area (TPSA) is 78.9 Å². The summed E-state index contributed by atoms with van der Waals surface area (Å²) >= 11 is 0. The molecule has 0 spiro atoms. The van der Waals surface area contributed by atoms with E-state index in [2.05, 4.69) is 4.74 Å². The number of ether oxygens (including phenoxy) is 3. The molecule has 0 saturated heterocycles. The third-order valence-corrected chi connectivity index (χ3v) is 4.31. The van der Waals surface area contributed by atoms with Gasteiger partial charge in [0.25, 0.3) is 0 Å². The van der Waals surface area contributed by atoms with Crippen LogP contribution in [0, 0.1) is 0 Å². The molecule has 0 unspecified atom stereocenters. The molecule has 0 aliphatic rings. The molecular weight excluding hydrogens is 272 g/mol. The maximum Gasteiger partial charge on any atom is 0.338 e. The van der Waals surface area contributed by atoms with Crippen LogP contribution < -0.4 is 9.47 Å². The predicted octanol–water partition coefficient (Wildman–Crippen LogP) is 1.28. The van der Waals surface area contributed by atoms with Crippen LogP contribution in [0.5, 0.6) is 11.5 Å². The monoisotopic (exact) mass is 288 g/mol. The molecule has 1 aromatic carbocycles. The van der Waals surface area contributed by atoms with Gasteiger partial charge in [0.05, 0.1) is 32.6 Å². The smallest absolute Gasteiger partial charge is 0.338 e. The third kappa shape index (κ3) is 2.98. The lowest BCUT2D eigenvalue weighted by Gasteiger charge is -2.14. The highest BCUT2D eigenvalue weighted by atomic mass is 32.2. The fourth-order valence-corrected chi connectivity index (χ4v) is 2.64. The van der Waals surface area contributed by atoms with Gasteiger partial charge < -0.3 is 14.2 Å². The number of esters is 1. The van der Waals surface area contributed by atoms with Crippen molar-refractivity contribution < 1.29 is 27.4 Å². The van der Waals surface area contributed by atoms with E-state index < -0.39 is 15.8 Å². The fourth-order valence-electron chi connectivity index (χ4n) is 1.55. The highest BCUT2D eigenvalue weighted by molar-refractivity contribution is 7.91. The Bertz CT molecular complexity index is 576. The molecule has 0 aliphatic heterocycles. The summed E-state index contributed by atoms with van der Waals surface area (Å²) in [6, 6.07) is 2.60. The molecule has 0 bridgehead atoms. The highest BCUT2D eigenvalue weighted by Crippen LogP contribution is 2.36. The molecule has 0 amide bonds. The Morgan fingerprint density at radius 3 is 2.21 bits per heavy atom. The molecule has 1 rings (SSSR count). The largest absolute Gasteiger partial charge is 0.493 e. The summed E-state index contributed by atoms with van der Waals surface area (Å²) in [5.74, 6) is -0.514. The number of carbonyl (C=O) groups excluding carboxylic acids is 1. The van der Waals surface area contributed by atoms with E-state index >= 15 is 0 Å². The average Bonchev–Trinajstić information content (AvgIpc) is 2.44. The maximum absolute atomic E-state index is 12.0. The second-order valence-corrected chi connectivity index (χ2v) is 5.85. The van der Waals surface area contributed by atoms with E-state index in [9.17, 15) is 13.2 Å². The van der Waals surface area contributed by atoms with Crippen molar-refractivity contribution in [2.75, 3.05) is 27.1 Å². The average molecular weight is 288 g/mol. The Morgan fingerprint density at radius 1 is 1.16 bits per heavy atom. The van der Waals surface area contributed by atoms with Crippen LogP contribution in [0.25, 0.3) is 0 Å². The zero-order valence-electron chi connectivity index (χ0n) is 11.2. The minimum atomic E-state index is -3.55. The number of benzene rings is 1. The normalized spacial score (nSPS) is 10.9. The van der Waals surface area contributed by atoms with E-state index in [0.29, 0.717) is 0 Å². The van der Waals surface area contributed by atoms with Crippen molar-refractivity contribution in [1.29, 1.82) is 0 Å². The van der Waals surface area contributed by atoms with Gasteiger partial charge in [0.15, 0.2) is 21.3 Å². The van der Waals surface area contributed by atoms with E-state index in [-0.39, 0.29) is 27.7 Å². The van der Waals surface area contributed by atoms with E-state index in [1.165, 1.54) is 40.4 Å². The first-order chi connectivity index (χ1) is 8.91. The van der Waals surface area contributed by atoms with Crippen LogP contribution in [0.15, 0.2) is 17.0 Å². The van der Waals surface area contributed by atoms with E-state index in [4.69, 9.17) is 9.47 Å². The molecular formula is C12H16O6S. The van der Waals surface area contributed by atoms with Crippen molar-refractivity contribution in [1.82, 2.24) is 0 Å². The molecule has 7 heteroatoms. The molecule has 19 heavy (non-hydrogen) atoms. The van der Waals surface area contributed by atoms with Gasteiger partial charge in [0.2, 0.25) is 0 Å². The van der Waals surface area contributed by atoms with Gasteiger partial charge in [-0.3, -0.25) is 0 Å². The molecule has 0 fully saturated rings. The maximum atomic E-state index is 12.0. The molecule has 0 radical (unpaired) electrons. The number of methoxy groups -OCH3 is 3. The molecule has 106 valence electrons. The lowest BCUT2D eigenvalue weighted by molar-refractivity contribution is 0.0600. The molecule has 0 N–H and O–H groups in total. The Kier molecular flexibility index (Phi) is 4.77. The summed E-state index contributed by atoms with van der Waals surface area (Å²) in [7, 11) is 0.365. The summed E-state index contributed by atoms with van der Waals surface area (Å²) in [5, 5.41) is 0.